The van der Waals surface area contributed by atoms with Gasteiger partial charge in [0.05, 0.1) is 12.3 Å². The molecule has 0 aliphatic heterocycles. The SMILES string of the molecule is C=C(/C=N\C=C(/C)[S+]([O-])c1ccccc1)C(C)CC#N. The van der Waals surface area contributed by atoms with Gasteiger partial charge in [-0.15, -0.1) is 0 Å². The second kappa shape index (κ2) is 8.36. The van der Waals surface area contributed by atoms with Gasteiger partial charge < -0.3 is 4.55 Å². The standard InChI is InChI=1S/C16H18N2OS/c1-13(9-10-17)14(2)11-18-12-15(3)20(19)16-7-5-4-6-8-16/h4-8,11-13H,2,9H2,1,3H3/b15-12+,18-11-. The third-order valence-electron chi connectivity index (χ3n) is 2.78. The Morgan fingerprint density at radius 2 is 2.15 bits per heavy atom. The first-order chi connectivity index (χ1) is 9.56. The summed E-state index contributed by atoms with van der Waals surface area (Å²) in [4.78, 5) is 5.56. The van der Waals surface area contributed by atoms with Crippen molar-refractivity contribution in [2.45, 2.75) is 25.2 Å². The van der Waals surface area contributed by atoms with Gasteiger partial charge in [0.2, 0.25) is 0 Å². The highest BCUT2D eigenvalue weighted by molar-refractivity contribution is 7.95. The molecule has 0 fully saturated rings. The first-order valence-electron chi connectivity index (χ1n) is 6.28. The number of aliphatic imine (C=N–C) groups is 1. The molecule has 2 unspecified atom stereocenters. The summed E-state index contributed by atoms with van der Waals surface area (Å²) in [5.74, 6) is 0.0806. The van der Waals surface area contributed by atoms with Gasteiger partial charge in [-0.2, -0.15) is 5.26 Å². The summed E-state index contributed by atoms with van der Waals surface area (Å²) in [5, 5.41) is 8.61. The molecule has 0 bridgehead atoms. The molecule has 1 rings (SSSR count). The lowest BCUT2D eigenvalue weighted by Gasteiger charge is -2.09. The van der Waals surface area contributed by atoms with E-state index in [1.165, 1.54) is 0 Å². The fraction of sp³-hybridized carbons (Fsp3) is 0.250. The Labute approximate surface area is 123 Å². The smallest absolute Gasteiger partial charge is 0.158 e. The summed E-state index contributed by atoms with van der Waals surface area (Å²) in [7, 11) is 0. The lowest BCUT2D eigenvalue weighted by Crippen LogP contribution is -2.02. The third kappa shape index (κ3) is 5.04. The monoisotopic (exact) mass is 286 g/mol. The van der Waals surface area contributed by atoms with Crippen LogP contribution in [0.25, 0.3) is 0 Å². The fourth-order valence-corrected chi connectivity index (χ4v) is 2.34. The van der Waals surface area contributed by atoms with Crippen molar-refractivity contribution in [3.8, 4) is 6.07 Å². The summed E-state index contributed by atoms with van der Waals surface area (Å²) >= 11 is -1.19. The summed E-state index contributed by atoms with van der Waals surface area (Å²) in [6.07, 6.45) is 3.62. The van der Waals surface area contributed by atoms with Crippen LogP contribution in [0.3, 0.4) is 0 Å². The highest BCUT2D eigenvalue weighted by atomic mass is 32.2. The summed E-state index contributed by atoms with van der Waals surface area (Å²) in [6, 6.07) is 11.3. The van der Waals surface area contributed by atoms with Crippen molar-refractivity contribution >= 4 is 17.4 Å². The number of allylic oxidation sites excluding steroid dienone is 2. The van der Waals surface area contributed by atoms with Crippen LogP contribution in [0.15, 0.2) is 63.5 Å². The Hall–Kier alpha value is -1.83. The van der Waals surface area contributed by atoms with Crippen LogP contribution in [0.5, 0.6) is 0 Å². The van der Waals surface area contributed by atoms with E-state index in [-0.39, 0.29) is 5.92 Å². The van der Waals surface area contributed by atoms with E-state index in [1.54, 1.807) is 19.3 Å². The molecule has 104 valence electrons. The average molecular weight is 286 g/mol. The van der Waals surface area contributed by atoms with Crippen LogP contribution >= 0.6 is 0 Å². The Balaban J connectivity index is 2.66. The lowest BCUT2D eigenvalue weighted by molar-refractivity contribution is 0.601. The topological polar surface area (TPSA) is 59.2 Å². The predicted octanol–water partition coefficient (Wildman–Crippen LogP) is 3.83. The van der Waals surface area contributed by atoms with Crippen molar-refractivity contribution in [1.29, 1.82) is 5.26 Å². The number of hydrogen-bond acceptors (Lipinski definition) is 3. The van der Waals surface area contributed by atoms with Crippen LogP contribution in [0.2, 0.25) is 0 Å². The van der Waals surface area contributed by atoms with Crippen LogP contribution in [-0.2, 0) is 11.2 Å². The molecule has 0 N–H and O–H groups in total. The zero-order chi connectivity index (χ0) is 15.0. The highest BCUT2D eigenvalue weighted by Gasteiger charge is 2.12. The molecule has 0 saturated heterocycles. The maximum Gasteiger partial charge on any atom is 0.158 e. The first-order valence-corrected chi connectivity index (χ1v) is 7.43. The van der Waals surface area contributed by atoms with Crippen molar-refractivity contribution in [1.82, 2.24) is 0 Å². The van der Waals surface area contributed by atoms with Crippen molar-refractivity contribution < 1.29 is 4.55 Å². The van der Waals surface area contributed by atoms with Gasteiger partial charge in [-0.3, -0.25) is 4.99 Å². The average Bonchev–Trinajstić information content (AvgIpc) is 2.47. The van der Waals surface area contributed by atoms with Gasteiger partial charge in [-0.25, -0.2) is 0 Å². The molecule has 0 aliphatic carbocycles. The van der Waals surface area contributed by atoms with Crippen molar-refractivity contribution in [3.05, 3.63) is 53.6 Å². The van der Waals surface area contributed by atoms with Gasteiger partial charge in [0, 0.05) is 30.7 Å². The van der Waals surface area contributed by atoms with E-state index in [0.29, 0.717) is 11.3 Å². The molecular formula is C16H18N2OS. The summed E-state index contributed by atoms with van der Waals surface area (Å²) < 4.78 is 12.2. The largest absolute Gasteiger partial charge is 0.607 e. The number of benzene rings is 1. The first kappa shape index (κ1) is 16.2. The van der Waals surface area contributed by atoms with E-state index in [4.69, 9.17) is 5.26 Å². The van der Waals surface area contributed by atoms with Gasteiger partial charge in [-0.1, -0.05) is 31.7 Å². The molecular weight excluding hydrogens is 268 g/mol. The summed E-state index contributed by atoms with van der Waals surface area (Å²) in [6.45, 7) is 7.57. The predicted molar refractivity (Wildman–Crippen MR) is 83.6 cm³/mol. The molecule has 20 heavy (non-hydrogen) atoms. The van der Waals surface area contributed by atoms with Crippen LogP contribution in [0.4, 0.5) is 0 Å². The van der Waals surface area contributed by atoms with E-state index in [9.17, 15) is 4.55 Å². The second-order valence-corrected chi connectivity index (χ2v) is 6.09. The van der Waals surface area contributed by atoms with E-state index in [2.05, 4.69) is 17.6 Å². The van der Waals surface area contributed by atoms with E-state index in [1.807, 2.05) is 37.3 Å². The normalized spacial score (nSPS) is 14.8. The van der Waals surface area contributed by atoms with Crippen LogP contribution in [0.1, 0.15) is 20.3 Å². The zero-order valence-electron chi connectivity index (χ0n) is 11.7. The maximum atomic E-state index is 12.2. The highest BCUT2D eigenvalue weighted by Crippen LogP contribution is 2.18. The fourth-order valence-electron chi connectivity index (χ4n) is 1.41. The number of hydrogen-bond donors (Lipinski definition) is 0. The molecule has 0 aliphatic rings. The molecule has 0 spiro atoms. The minimum absolute atomic E-state index is 0.0806. The van der Waals surface area contributed by atoms with E-state index in [0.717, 1.165) is 10.5 Å². The molecule has 0 aromatic heterocycles. The van der Waals surface area contributed by atoms with Gasteiger partial charge in [0.15, 0.2) is 9.80 Å². The minimum atomic E-state index is -1.19. The second-order valence-electron chi connectivity index (χ2n) is 4.44. The minimum Gasteiger partial charge on any atom is -0.607 e. The van der Waals surface area contributed by atoms with Gasteiger partial charge in [0.25, 0.3) is 0 Å². The Morgan fingerprint density at radius 3 is 2.75 bits per heavy atom. The molecule has 1 aromatic rings. The van der Waals surface area contributed by atoms with Crippen LogP contribution in [0, 0.1) is 17.2 Å². The molecule has 2 atom stereocenters. The third-order valence-corrected chi connectivity index (χ3v) is 4.17. The summed E-state index contributed by atoms with van der Waals surface area (Å²) in [5.41, 5.74) is 0.793. The molecule has 0 saturated carbocycles. The van der Waals surface area contributed by atoms with Crippen molar-refractivity contribution in [3.63, 3.8) is 0 Å². The zero-order valence-corrected chi connectivity index (χ0v) is 12.6. The number of nitrogens with zero attached hydrogens (tertiary/aromatic N) is 2. The van der Waals surface area contributed by atoms with E-state index >= 15 is 0 Å². The van der Waals surface area contributed by atoms with E-state index < -0.39 is 11.2 Å². The van der Waals surface area contributed by atoms with Crippen LogP contribution < -0.4 is 0 Å². The Kier molecular flexibility index (Phi) is 6.78. The van der Waals surface area contributed by atoms with Gasteiger partial charge in [0.1, 0.15) is 0 Å². The van der Waals surface area contributed by atoms with Crippen molar-refractivity contribution in [2.75, 3.05) is 0 Å². The maximum absolute atomic E-state index is 12.2. The number of rotatable bonds is 6. The lowest BCUT2D eigenvalue weighted by atomic mass is 10.0. The molecule has 1 aromatic carbocycles. The van der Waals surface area contributed by atoms with Gasteiger partial charge in [-0.05, 0) is 23.6 Å². The molecule has 0 heterocycles. The molecule has 3 nitrogen and oxygen atoms in total. The number of nitriles is 1. The quantitative estimate of drug-likeness (QED) is 0.589. The molecule has 0 amide bonds. The van der Waals surface area contributed by atoms with Crippen molar-refractivity contribution in [2.24, 2.45) is 10.9 Å². The molecule has 0 radical (unpaired) electrons. The van der Waals surface area contributed by atoms with Crippen LogP contribution in [-0.4, -0.2) is 10.8 Å². The molecule has 4 heteroatoms. The Bertz CT molecular complexity index is 543. The Morgan fingerprint density at radius 1 is 1.50 bits per heavy atom. The van der Waals surface area contributed by atoms with Gasteiger partial charge >= 0.3 is 0 Å².